The molecule has 0 unspecified atom stereocenters. The molecule has 0 bridgehead atoms. The van der Waals surface area contributed by atoms with Crippen LogP contribution in [0.1, 0.15) is 12.0 Å². The number of fused-ring (bicyclic) bond motifs is 1. The molecule has 4 heteroatoms. The summed E-state index contributed by atoms with van der Waals surface area (Å²) in [5.41, 5.74) is 2.03. The number of carbonyl (C=O) groups excluding carboxylic acids is 1. The van der Waals surface area contributed by atoms with Crippen LogP contribution in [0.3, 0.4) is 0 Å². The van der Waals surface area contributed by atoms with Gasteiger partial charge >= 0.3 is 0 Å². The summed E-state index contributed by atoms with van der Waals surface area (Å²) in [6, 6.07) is 7.89. The normalized spacial score (nSPS) is 10.6. The molecule has 82 valence electrons. The number of carbonyl (C=O) groups is 1. The first kappa shape index (κ1) is 11.0. The zero-order valence-electron chi connectivity index (χ0n) is 8.98. The van der Waals surface area contributed by atoms with Gasteiger partial charge < -0.3 is 0 Å². The second kappa shape index (κ2) is 4.58. The minimum Gasteiger partial charge on any atom is -0.281 e. The van der Waals surface area contributed by atoms with Crippen LogP contribution in [-0.4, -0.2) is 10.3 Å². The Balaban J connectivity index is 2.46. The van der Waals surface area contributed by atoms with Crippen molar-refractivity contribution in [1.82, 2.24) is 5.10 Å². The zero-order chi connectivity index (χ0) is 11.5. The van der Waals surface area contributed by atoms with Crippen molar-refractivity contribution in [3.63, 3.8) is 0 Å². The lowest BCUT2D eigenvalue weighted by Crippen LogP contribution is -2.33. The number of nitrogens with zero attached hydrogens (tertiary/aromatic N) is 2. The molecule has 3 nitrogen and oxygen atoms in total. The van der Waals surface area contributed by atoms with Gasteiger partial charge in [-0.3, -0.25) is 4.79 Å². The smallest absolute Gasteiger partial charge is 0.221 e. The Hall–Kier alpha value is -1.48. The van der Waals surface area contributed by atoms with Crippen LogP contribution in [0.2, 0.25) is 0 Å². The first-order valence-electron chi connectivity index (χ1n) is 5.10. The SMILES string of the molecule is C[n+]1cc(CCC(=O)Cl)c2ccccc2n1. The topological polar surface area (TPSA) is 33.8 Å². The molecular weight excluding hydrogens is 224 g/mol. The molecule has 1 aromatic heterocycles. The average molecular weight is 236 g/mol. The summed E-state index contributed by atoms with van der Waals surface area (Å²) >= 11 is 5.36. The van der Waals surface area contributed by atoms with Gasteiger partial charge in [-0.25, -0.2) is 0 Å². The fraction of sp³-hybridized carbons (Fsp3) is 0.250. The van der Waals surface area contributed by atoms with Gasteiger partial charge in [-0.15, -0.1) is 0 Å². The molecule has 0 aliphatic heterocycles. The number of hydrogen-bond acceptors (Lipinski definition) is 2. The van der Waals surface area contributed by atoms with E-state index in [1.165, 1.54) is 0 Å². The monoisotopic (exact) mass is 235 g/mol. The molecule has 0 spiro atoms. The third kappa shape index (κ3) is 2.36. The molecule has 0 N–H and O–H groups in total. The zero-order valence-corrected chi connectivity index (χ0v) is 9.74. The highest BCUT2D eigenvalue weighted by Gasteiger charge is 2.09. The summed E-state index contributed by atoms with van der Waals surface area (Å²) in [5, 5.41) is 5.14. The first-order valence-corrected chi connectivity index (χ1v) is 5.47. The Labute approximate surface area is 98.7 Å². The van der Waals surface area contributed by atoms with Gasteiger partial charge in [-0.1, -0.05) is 22.9 Å². The predicted molar refractivity (Wildman–Crippen MR) is 62.1 cm³/mol. The molecule has 0 fully saturated rings. The summed E-state index contributed by atoms with van der Waals surface area (Å²) < 4.78 is 1.76. The molecule has 2 rings (SSSR count). The quantitative estimate of drug-likeness (QED) is 0.600. The van der Waals surface area contributed by atoms with Crippen LogP contribution in [0, 0.1) is 0 Å². The van der Waals surface area contributed by atoms with Crippen LogP contribution in [0.25, 0.3) is 10.9 Å². The number of aromatic nitrogens is 2. The summed E-state index contributed by atoms with van der Waals surface area (Å²) in [7, 11) is 1.87. The molecule has 0 aliphatic rings. The fourth-order valence-electron chi connectivity index (χ4n) is 1.76. The molecule has 0 amide bonds. The van der Waals surface area contributed by atoms with E-state index in [-0.39, 0.29) is 5.24 Å². The largest absolute Gasteiger partial charge is 0.281 e. The van der Waals surface area contributed by atoms with Crippen LogP contribution < -0.4 is 4.68 Å². The molecule has 1 aromatic carbocycles. The fourth-order valence-corrected chi connectivity index (χ4v) is 1.85. The molecule has 2 aromatic rings. The van der Waals surface area contributed by atoms with E-state index >= 15 is 0 Å². The molecule has 0 saturated heterocycles. The van der Waals surface area contributed by atoms with Gasteiger partial charge in [0, 0.05) is 17.4 Å². The Morgan fingerprint density at radius 1 is 1.44 bits per heavy atom. The molecule has 1 heterocycles. The lowest BCUT2D eigenvalue weighted by Gasteiger charge is -2.01. The standard InChI is InChI=1S/C12H12ClN2O/c1-15-8-9(6-7-12(13)16)10-4-2-3-5-11(10)14-15/h2-5,8H,6-7H2,1H3/q+1. The Kier molecular flexibility index (Phi) is 3.15. The number of rotatable bonds is 3. The molecule has 0 saturated carbocycles. The van der Waals surface area contributed by atoms with E-state index in [4.69, 9.17) is 11.6 Å². The van der Waals surface area contributed by atoms with Gasteiger partial charge in [0.15, 0.2) is 13.2 Å². The second-order valence-corrected chi connectivity index (χ2v) is 4.12. The van der Waals surface area contributed by atoms with Crippen molar-refractivity contribution in [3.8, 4) is 0 Å². The molecule has 0 aliphatic carbocycles. The Morgan fingerprint density at radius 2 is 2.19 bits per heavy atom. The second-order valence-electron chi connectivity index (χ2n) is 3.70. The molecular formula is C12H12ClN2O+. The van der Waals surface area contributed by atoms with Crippen molar-refractivity contribution in [3.05, 3.63) is 36.0 Å². The van der Waals surface area contributed by atoms with E-state index in [9.17, 15) is 4.79 Å². The highest BCUT2D eigenvalue weighted by atomic mass is 35.5. The van der Waals surface area contributed by atoms with Crippen LogP contribution in [-0.2, 0) is 18.3 Å². The van der Waals surface area contributed by atoms with Crippen LogP contribution in [0.15, 0.2) is 30.5 Å². The first-order chi connectivity index (χ1) is 7.66. The number of halogens is 1. The Morgan fingerprint density at radius 3 is 2.94 bits per heavy atom. The van der Waals surface area contributed by atoms with Crippen molar-refractivity contribution < 1.29 is 9.48 Å². The lowest BCUT2D eigenvalue weighted by atomic mass is 10.1. The Bertz CT molecular complexity index is 540. The van der Waals surface area contributed by atoms with Gasteiger partial charge in [-0.2, -0.15) is 0 Å². The van der Waals surface area contributed by atoms with E-state index in [1.54, 1.807) is 4.68 Å². The van der Waals surface area contributed by atoms with E-state index in [2.05, 4.69) is 5.10 Å². The third-order valence-electron chi connectivity index (χ3n) is 2.45. The van der Waals surface area contributed by atoms with Crippen LogP contribution >= 0.6 is 11.6 Å². The molecule has 0 atom stereocenters. The van der Waals surface area contributed by atoms with E-state index in [1.807, 2.05) is 37.5 Å². The average Bonchev–Trinajstić information content (AvgIpc) is 2.25. The molecule has 16 heavy (non-hydrogen) atoms. The lowest BCUT2D eigenvalue weighted by molar-refractivity contribution is -0.728. The van der Waals surface area contributed by atoms with Gasteiger partial charge in [0.05, 0.1) is 0 Å². The van der Waals surface area contributed by atoms with Gasteiger partial charge in [-0.05, 0) is 29.2 Å². The maximum absolute atomic E-state index is 10.8. The third-order valence-corrected chi connectivity index (χ3v) is 2.64. The van der Waals surface area contributed by atoms with E-state index in [0.29, 0.717) is 12.8 Å². The van der Waals surface area contributed by atoms with Gasteiger partial charge in [0.2, 0.25) is 5.24 Å². The van der Waals surface area contributed by atoms with E-state index < -0.39 is 0 Å². The summed E-state index contributed by atoms with van der Waals surface area (Å²) in [5.74, 6) is 0. The molecule has 0 radical (unpaired) electrons. The van der Waals surface area contributed by atoms with Gasteiger partial charge in [0.1, 0.15) is 5.52 Å². The minimum absolute atomic E-state index is 0.302. The highest BCUT2D eigenvalue weighted by molar-refractivity contribution is 6.63. The number of hydrogen-bond donors (Lipinski definition) is 0. The number of benzene rings is 1. The predicted octanol–water partition coefficient (Wildman–Crippen LogP) is 1.76. The van der Waals surface area contributed by atoms with Crippen LogP contribution in [0.5, 0.6) is 0 Å². The van der Waals surface area contributed by atoms with Crippen molar-refractivity contribution in [2.75, 3.05) is 0 Å². The van der Waals surface area contributed by atoms with Gasteiger partial charge in [0.25, 0.3) is 0 Å². The summed E-state index contributed by atoms with van der Waals surface area (Å²) in [4.78, 5) is 10.8. The van der Waals surface area contributed by atoms with Crippen molar-refractivity contribution in [2.45, 2.75) is 12.8 Å². The number of aryl methyl sites for hydroxylation is 2. The maximum atomic E-state index is 10.8. The van der Waals surface area contributed by atoms with Crippen molar-refractivity contribution in [1.29, 1.82) is 0 Å². The van der Waals surface area contributed by atoms with Crippen molar-refractivity contribution in [2.24, 2.45) is 7.05 Å². The van der Waals surface area contributed by atoms with Crippen LogP contribution in [0.4, 0.5) is 0 Å². The maximum Gasteiger partial charge on any atom is 0.221 e. The summed E-state index contributed by atoms with van der Waals surface area (Å²) in [6.07, 6.45) is 2.94. The highest BCUT2D eigenvalue weighted by Crippen LogP contribution is 2.16. The van der Waals surface area contributed by atoms with E-state index in [0.717, 1.165) is 16.5 Å². The minimum atomic E-state index is -0.302. The van der Waals surface area contributed by atoms with Crippen molar-refractivity contribution >= 4 is 27.7 Å². The summed E-state index contributed by atoms with van der Waals surface area (Å²) in [6.45, 7) is 0.